The number of hydrogen-bond donors (Lipinski definition) is 2. The monoisotopic (exact) mass is 206 g/mol. The zero-order chi connectivity index (χ0) is 10.7. The van der Waals surface area contributed by atoms with Crippen LogP contribution in [0, 0.1) is 5.82 Å². The van der Waals surface area contributed by atoms with E-state index in [1.165, 1.54) is 11.8 Å². The van der Waals surface area contributed by atoms with E-state index in [0.29, 0.717) is 0 Å². The summed E-state index contributed by atoms with van der Waals surface area (Å²) in [5.74, 6) is -0.178. The van der Waals surface area contributed by atoms with Crippen molar-refractivity contribution in [1.29, 1.82) is 0 Å². The number of H-pyrrole nitrogens is 1. The van der Waals surface area contributed by atoms with Gasteiger partial charge in [0.2, 0.25) is 0 Å². The van der Waals surface area contributed by atoms with Crippen LogP contribution in [0.1, 0.15) is 12.1 Å². The first-order valence-electron chi connectivity index (χ1n) is 5.21. The molecule has 1 aromatic heterocycles. The van der Waals surface area contributed by atoms with Gasteiger partial charge >= 0.3 is 0 Å². The quantitative estimate of drug-likeness (QED) is 0.739. The minimum absolute atomic E-state index is 0.178. The third-order valence-corrected chi connectivity index (χ3v) is 2.51. The third kappa shape index (κ3) is 2.36. The van der Waals surface area contributed by atoms with Crippen LogP contribution in [0.5, 0.6) is 0 Å². The Labute approximate surface area is 88.5 Å². The number of nitrogens with one attached hydrogen (secondary N) is 2. The molecule has 2 rings (SSSR count). The summed E-state index contributed by atoms with van der Waals surface area (Å²) < 4.78 is 12.9. The van der Waals surface area contributed by atoms with E-state index in [-0.39, 0.29) is 5.82 Å². The van der Waals surface area contributed by atoms with Crippen molar-refractivity contribution < 1.29 is 4.39 Å². The second-order valence-electron chi connectivity index (χ2n) is 3.73. The van der Waals surface area contributed by atoms with Gasteiger partial charge in [0, 0.05) is 16.6 Å². The van der Waals surface area contributed by atoms with Crippen LogP contribution in [0.25, 0.3) is 10.9 Å². The maximum Gasteiger partial charge on any atom is 0.123 e. The molecule has 0 saturated carbocycles. The molecule has 0 atom stereocenters. The minimum atomic E-state index is -0.178. The van der Waals surface area contributed by atoms with Gasteiger partial charge < -0.3 is 10.3 Å². The highest BCUT2D eigenvalue weighted by molar-refractivity contribution is 5.80. The summed E-state index contributed by atoms with van der Waals surface area (Å²) in [7, 11) is 1.95. The van der Waals surface area contributed by atoms with Crippen molar-refractivity contribution in [3.8, 4) is 0 Å². The summed E-state index contributed by atoms with van der Waals surface area (Å²) >= 11 is 0. The van der Waals surface area contributed by atoms with Crippen LogP contribution < -0.4 is 5.32 Å². The summed E-state index contributed by atoms with van der Waals surface area (Å²) in [6.07, 6.45) is 2.09. The van der Waals surface area contributed by atoms with Crippen molar-refractivity contribution in [1.82, 2.24) is 10.3 Å². The van der Waals surface area contributed by atoms with Crippen molar-refractivity contribution in [2.24, 2.45) is 0 Å². The fraction of sp³-hybridized carbons (Fsp3) is 0.333. The van der Waals surface area contributed by atoms with E-state index in [2.05, 4.69) is 10.3 Å². The lowest BCUT2D eigenvalue weighted by atomic mass is 10.2. The SMILES string of the molecule is CNCCCc1cc2cc(F)ccc2[nH]1. The van der Waals surface area contributed by atoms with Crippen molar-refractivity contribution in [3.63, 3.8) is 0 Å². The Kier molecular flexibility index (Phi) is 3.02. The molecule has 0 saturated heterocycles. The van der Waals surface area contributed by atoms with E-state index >= 15 is 0 Å². The largest absolute Gasteiger partial charge is 0.358 e. The van der Waals surface area contributed by atoms with Gasteiger partial charge in [0.25, 0.3) is 0 Å². The number of benzene rings is 1. The Balaban J connectivity index is 2.16. The molecule has 1 heterocycles. The first-order chi connectivity index (χ1) is 7.29. The summed E-state index contributed by atoms with van der Waals surface area (Å²) in [5, 5.41) is 4.06. The Bertz CT molecular complexity index is 448. The third-order valence-electron chi connectivity index (χ3n) is 2.51. The Morgan fingerprint density at radius 1 is 1.33 bits per heavy atom. The molecule has 15 heavy (non-hydrogen) atoms. The van der Waals surface area contributed by atoms with Gasteiger partial charge in [-0.05, 0) is 50.7 Å². The maximum absolute atomic E-state index is 12.9. The van der Waals surface area contributed by atoms with E-state index in [9.17, 15) is 4.39 Å². The van der Waals surface area contributed by atoms with Crippen LogP contribution in [-0.4, -0.2) is 18.6 Å². The highest BCUT2D eigenvalue weighted by atomic mass is 19.1. The van der Waals surface area contributed by atoms with Crippen LogP contribution in [-0.2, 0) is 6.42 Å². The first kappa shape index (κ1) is 10.2. The predicted octanol–water partition coefficient (Wildman–Crippen LogP) is 2.46. The summed E-state index contributed by atoms with van der Waals surface area (Å²) in [6, 6.07) is 6.85. The van der Waals surface area contributed by atoms with Gasteiger partial charge in [-0.2, -0.15) is 0 Å². The highest BCUT2D eigenvalue weighted by Gasteiger charge is 2.01. The molecule has 0 aliphatic carbocycles. The zero-order valence-corrected chi connectivity index (χ0v) is 8.81. The average Bonchev–Trinajstić information content (AvgIpc) is 2.60. The van der Waals surface area contributed by atoms with Gasteiger partial charge in [0.1, 0.15) is 5.82 Å². The van der Waals surface area contributed by atoms with Crippen LogP contribution >= 0.6 is 0 Å². The number of fused-ring (bicyclic) bond motifs is 1. The molecule has 0 radical (unpaired) electrons. The van der Waals surface area contributed by atoms with Crippen molar-refractivity contribution >= 4 is 10.9 Å². The van der Waals surface area contributed by atoms with Gasteiger partial charge in [-0.15, -0.1) is 0 Å². The highest BCUT2D eigenvalue weighted by Crippen LogP contribution is 2.17. The summed E-state index contributed by atoms with van der Waals surface area (Å²) in [5.41, 5.74) is 2.18. The molecule has 0 amide bonds. The molecular formula is C12H15FN2. The van der Waals surface area contributed by atoms with E-state index in [0.717, 1.165) is 30.3 Å². The van der Waals surface area contributed by atoms with Gasteiger partial charge in [0.15, 0.2) is 0 Å². The number of aromatic amines is 1. The second kappa shape index (κ2) is 4.45. The molecule has 0 spiro atoms. The number of hydrogen-bond acceptors (Lipinski definition) is 1. The first-order valence-corrected chi connectivity index (χ1v) is 5.21. The molecule has 80 valence electrons. The molecule has 0 aliphatic heterocycles. The smallest absolute Gasteiger partial charge is 0.123 e. The van der Waals surface area contributed by atoms with Gasteiger partial charge in [-0.3, -0.25) is 0 Å². The Hall–Kier alpha value is -1.35. The fourth-order valence-electron chi connectivity index (χ4n) is 1.75. The van der Waals surface area contributed by atoms with E-state index < -0.39 is 0 Å². The van der Waals surface area contributed by atoms with Crippen molar-refractivity contribution in [3.05, 3.63) is 35.8 Å². The normalized spacial score (nSPS) is 11.1. The maximum atomic E-state index is 12.9. The van der Waals surface area contributed by atoms with Crippen LogP contribution in [0.2, 0.25) is 0 Å². The lowest BCUT2D eigenvalue weighted by Crippen LogP contribution is -2.08. The molecule has 0 unspecified atom stereocenters. The Morgan fingerprint density at radius 2 is 2.20 bits per heavy atom. The molecule has 1 aromatic carbocycles. The van der Waals surface area contributed by atoms with Gasteiger partial charge in [0.05, 0.1) is 0 Å². The van der Waals surface area contributed by atoms with Gasteiger partial charge in [-0.1, -0.05) is 0 Å². The van der Waals surface area contributed by atoms with Crippen LogP contribution in [0.15, 0.2) is 24.3 Å². The van der Waals surface area contributed by atoms with E-state index in [4.69, 9.17) is 0 Å². The summed E-state index contributed by atoms with van der Waals surface area (Å²) in [4.78, 5) is 3.29. The van der Waals surface area contributed by atoms with Crippen LogP contribution in [0.4, 0.5) is 4.39 Å². The molecule has 2 aromatic rings. The van der Waals surface area contributed by atoms with Gasteiger partial charge in [-0.25, -0.2) is 4.39 Å². The fourth-order valence-corrected chi connectivity index (χ4v) is 1.75. The zero-order valence-electron chi connectivity index (χ0n) is 8.81. The van der Waals surface area contributed by atoms with E-state index in [1.807, 2.05) is 13.1 Å². The second-order valence-corrected chi connectivity index (χ2v) is 3.73. The van der Waals surface area contributed by atoms with E-state index in [1.54, 1.807) is 12.1 Å². The molecule has 0 fully saturated rings. The topological polar surface area (TPSA) is 27.8 Å². The molecular weight excluding hydrogens is 191 g/mol. The summed E-state index contributed by atoms with van der Waals surface area (Å²) in [6.45, 7) is 1.00. The Morgan fingerprint density at radius 3 is 3.00 bits per heavy atom. The molecule has 2 nitrogen and oxygen atoms in total. The van der Waals surface area contributed by atoms with Crippen molar-refractivity contribution in [2.45, 2.75) is 12.8 Å². The predicted molar refractivity (Wildman–Crippen MR) is 60.5 cm³/mol. The molecule has 2 N–H and O–H groups in total. The van der Waals surface area contributed by atoms with Crippen LogP contribution in [0.3, 0.4) is 0 Å². The minimum Gasteiger partial charge on any atom is -0.358 e. The molecule has 0 aliphatic rings. The number of aromatic nitrogens is 1. The number of aryl methyl sites for hydroxylation is 1. The van der Waals surface area contributed by atoms with Crippen molar-refractivity contribution in [2.75, 3.05) is 13.6 Å². The lowest BCUT2D eigenvalue weighted by molar-refractivity contribution is 0.630. The molecule has 3 heteroatoms. The lowest BCUT2D eigenvalue weighted by Gasteiger charge is -1.96. The standard InChI is InChI=1S/C12H15FN2/c1-14-6-2-3-11-8-9-7-10(13)4-5-12(9)15-11/h4-5,7-8,14-15H,2-3,6H2,1H3. The number of halogens is 1. The average molecular weight is 206 g/mol. The number of rotatable bonds is 4. The molecule has 0 bridgehead atoms.